The van der Waals surface area contributed by atoms with Gasteiger partial charge in [0.25, 0.3) is 0 Å². The van der Waals surface area contributed by atoms with Gasteiger partial charge in [0, 0.05) is 45.5 Å². The molecule has 2 heterocycles. The zero-order chi connectivity index (χ0) is 50.7. The Kier molecular flexibility index (Phi) is 7.29. The minimum atomic E-state index is -3.65. The van der Waals surface area contributed by atoms with Crippen molar-refractivity contribution in [3.8, 4) is 11.1 Å². The molecule has 4 aliphatic rings. The number of benzene rings is 7. The summed E-state index contributed by atoms with van der Waals surface area (Å²) < 4.78 is 103. The molecule has 7 aromatic rings. The summed E-state index contributed by atoms with van der Waals surface area (Å²) in [6, 6.07) is 51.9. The fraction of sp³-hybridized carbons (Fsp3) is 0.276. The van der Waals surface area contributed by atoms with Crippen molar-refractivity contribution >= 4 is 52.3 Å². The molecule has 0 spiro atoms. The van der Waals surface area contributed by atoms with Crippen LogP contribution in [0.25, 0.3) is 11.1 Å². The Labute approximate surface area is 389 Å². The van der Waals surface area contributed by atoms with Crippen molar-refractivity contribution in [2.24, 2.45) is 0 Å². The smallest absolute Gasteiger partial charge is 0.0895 e. The van der Waals surface area contributed by atoms with Crippen molar-refractivity contribution in [2.45, 2.75) is 121 Å². The molecule has 0 nitrogen and oxygen atoms in total. The molecule has 1 atom stereocenters. The lowest BCUT2D eigenvalue weighted by Gasteiger charge is -2.41. The highest BCUT2D eigenvalue weighted by Gasteiger charge is 2.46. The minimum Gasteiger partial charge on any atom is -0.0895 e. The van der Waals surface area contributed by atoms with Crippen LogP contribution < -0.4 is 20.7 Å². The van der Waals surface area contributed by atoms with Crippen LogP contribution in [0.4, 0.5) is 0 Å². The van der Waals surface area contributed by atoms with Gasteiger partial charge in [-0.25, -0.2) is 0 Å². The van der Waals surface area contributed by atoms with E-state index in [2.05, 4.69) is 60.7 Å². The van der Waals surface area contributed by atoms with E-state index in [4.69, 9.17) is 0 Å². The standard InChI is InChI=1S/C58H56S2Si/c1-57(2)47-29-15-16-31-51(47)59-55-49(57)30-18-32-53(55)61(43-24-7-5-8-25-43,44-26-9-6-10-27-44)45-28-17-23-42(37-45)54-46(40-21-13-14-22-40)34-36-50-56(54)60-52-38-41(39-19-11-12-20-39)33-35-48(52)58(50,3)4/h5-10,15-18,23-40H,11-14,19-22H2,1-4H3/i1D3,2D3,3D3,39D,40D. The lowest BCUT2D eigenvalue weighted by Crippen LogP contribution is -2.75. The van der Waals surface area contributed by atoms with E-state index in [0.29, 0.717) is 28.2 Å². The van der Waals surface area contributed by atoms with Gasteiger partial charge in [-0.3, -0.25) is 0 Å². The van der Waals surface area contributed by atoms with Crippen LogP contribution >= 0.6 is 23.5 Å². The van der Waals surface area contributed by atoms with Crippen molar-refractivity contribution in [3.05, 3.63) is 191 Å². The minimum absolute atomic E-state index is 0.255. The van der Waals surface area contributed by atoms with E-state index in [1.807, 2.05) is 85.8 Å². The van der Waals surface area contributed by atoms with E-state index < -0.39 is 51.2 Å². The molecule has 0 aromatic heterocycles. The quantitative estimate of drug-likeness (QED) is 0.116. The normalized spacial score (nSPS) is 23.9. The highest BCUT2D eigenvalue weighted by Crippen LogP contribution is 2.56. The molecule has 2 saturated carbocycles. The molecule has 1 unspecified atom stereocenters. The van der Waals surface area contributed by atoms with Gasteiger partial charge in [-0.05, 0) is 115 Å². The van der Waals surface area contributed by atoms with Gasteiger partial charge in [-0.2, -0.15) is 0 Å². The first-order valence-corrected chi connectivity index (χ1v) is 25.5. The first-order chi connectivity index (χ1) is 34.2. The molecule has 0 radical (unpaired) electrons. The molecule has 304 valence electrons. The third-order valence-electron chi connectivity index (χ3n) is 14.0. The van der Waals surface area contributed by atoms with Gasteiger partial charge >= 0.3 is 0 Å². The van der Waals surface area contributed by atoms with Gasteiger partial charge < -0.3 is 0 Å². The van der Waals surface area contributed by atoms with Crippen LogP contribution in [-0.4, -0.2) is 8.07 Å². The maximum absolute atomic E-state index is 10.2. The molecule has 11 rings (SSSR count). The van der Waals surface area contributed by atoms with E-state index in [0.717, 1.165) is 96.9 Å². The highest BCUT2D eigenvalue weighted by molar-refractivity contribution is 8.00. The van der Waals surface area contributed by atoms with E-state index in [1.54, 1.807) is 30.0 Å². The molecule has 2 aliphatic heterocycles. The highest BCUT2D eigenvalue weighted by atomic mass is 32.2. The first kappa shape index (κ1) is 28.9. The Morgan fingerprint density at radius 2 is 1.08 bits per heavy atom. The van der Waals surface area contributed by atoms with Crippen molar-refractivity contribution in [2.75, 3.05) is 0 Å². The Balaban J connectivity index is 1.23. The maximum Gasteiger partial charge on any atom is 0.180 e. The fourth-order valence-electron chi connectivity index (χ4n) is 10.9. The second kappa shape index (κ2) is 15.4. The third kappa shape index (κ3) is 6.31. The van der Waals surface area contributed by atoms with Crippen LogP contribution in [0.5, 0.6) is 0 Å². The van der Waals surface area contributed by atoms with Crippen LogP contribution in [0.2, 0.25) is 0 Å². The number of fused-ring (bicyclic) bond motifs is 4. The predicted octanol–water partition coefficient (Wildman–Crippen LogP) is 13.6. The largest absolute Gasteiger partial charge is 0.180 e. The summed E-state index contributed by atoms with van der Waals surface area (Å²) in [7, 11) is -3.65. The Hall–Kier alpha value is -4.54. The summed E-state index contributed by atoms with van der Waals surface area (Å²) >= 11 is 3.01. The van der Waals surface area contributed by atoms with Gasteiger partial charge in [-0.15, -0.1) is 0 Å². The lowest BCUT2D eigenvalue weighted by atomic mass is 9.75. The van der Waals surface area contributed by atoms with E-state index in [9.17, 15) is 15.1 Å². The predicted molar refractivity (Wildman–Crippen MR) is 263 cm³/mol. The van der Waals surface area contributed by atoms with Gasteiger partial charge in [0.1, 0.15) is 0 Å². The Morgan fingerprint density at radius 3 is 1.80 bits per heavy atom. The molecule has 0 saturated heterocycles. The zero-order valence-electron chi connectivity index (χ0n) is 45.5. The molecule has 7 aromatic carbocycles. The van der Waals surface area contributed by atoms with Gasteiger partial charge in [0.2, 0.25) is 0 Å². The van der Waals surface area contributed by atoms with Gasteiger partial charge in [0.05, 0.1) is 0 Å². The molecular formula is C58H56S2Si. The van der Waals surface area contributed by atoms with Gasteiger partial charge in [0.15, 0.2) is 8.07 Å². The summed E-state index contributed by atoms with van der Waals surface area (Å²) in [5, 5.41) is 3.85. The van der Waals surface area contributed by atoms with Crippen LogP contribution in [0, 0.1) is 0 Å². The summed E-state index contributed by atoms with van der Waals surface area (Å²) in [6.07, 6.45) is 6.61. The second-order valence-corrected chi connectivity index (χ2v) is 23.4. The van der Waals surface area contributed by atoms with Crippen LogP contribution in [0.1, 0.15) is 139 Å². The molecule has 61 heavy (non-hydrogen) atoms. The van der Waals surface area contributed by atoms with Crippen molar-refractivity contribution < 1.29 is 15.1 Å². The maximum atomic E-state index is 10.2. The van der Waals surface area contributed by atoms with Crippen LogP contribution in [-0.2, 0) is 10.8 Å². The Bertz CT molecular complexity index is 3170. The van der Waals surface area contributed by atoms with Crippen LogP contribution in [0.15, 0.2) is 177 Å². The summed E-state index contributed by atoms with van der Waals surface area (Å²) in [4.78, 5) is 2.85. The SMILES string of the molecule is [2H]C1(c2ccc3c(c2)Sc2c(ccc(C4([2H])CCCC4)c2-c2cccc([Si](c4ccccc4)(c4ccccc4)c4cccc5c4Sc4ccccc4C5(C([2H])([2H])[2H])C([2H])([2H])[2H])c2)C3(C)C([2H])([2H])[2H])CCCC1. The van der Waals surface area contributed by atoms with Crippen LogP contribution in [0.3, 0.4) is 0 Å². The summed E-state index contributed by atoms with van der Waals surface area (Å²) in [5.74, 6) is -1.68. The average molecular weight is 856 g/mol. The lowest BCUT2D eigenvalue weighted by molar-refractivity contribution is 0.603. The molecule has 0 N–H and O–H groups in total. The van der Waals surface area contributed by atoms with Crippen molar-refractivity contribution in [3.63, 3.8) is 0 Å². The zero-order valence-corrected chi connectivity index (χ0v) is 37.1. The fourth-order valence-corrected chi connectivity index (χ4v) is 19.1. The summed E-state index contributed by atoms with van der Waals surface area (Å²) in [6.45, 7) is -6.56. The molecular weight excluding hydrogens is 789 g/mol. The van der Waals surface area contributed by atoms with Crippen molar-refractivity contribution in [1.82, 2.24) is 0 Å². The number of hydrogen-bond acceptors (Lipinski definition) is 2. The topological polar surface area (TPSA) is 0 Å². The average Bonchev–Trinajstić information content (AvgIpc) is 4.02. The second-order valence-electron chi connectivity index (χ2n) is 17.5. The first-order valence-electron chi connectivity index (χ1n) is 27.3. The molecule has 0 amide bonds. The van der Waals surface area contributed by atoms with Gasteiger partial charge in [-0.1, -0.05) is 222 Å². The Morgan fingerprint density at radius 1 is 0.508 bits per heavy atom. The van der Waals surface area contributed by atoms with E-state index in [-0.39, 0.29) is 11.1 Å². The number of hydrogen-bond donors (Lipinski definition) is 0. The number of rotatable bonds is 7. The summed E-state index contributed by atoms with van der Waals surface area (Å²) in [5.41, 5.74) is 1.63. The third-order valence-corrected chi connectivity index (χ3v) is 21.3. The van der Waals surface area contributed by atoms with Crippen molar-refractivity contribution in [1.29, 1.82) is 0 Å². The monoisotopic (exact) mass is 855 g/mol. The molecule has 3 heteroatoms. The van der Waals surface area contributed by atoms with E-state index in [1.165, 1.54) is 11.8 Å². The molecule has 0 bridgehead atoms. The molecule has 2 fully saturated rings. The van der Waals surface area contributed by atoms with E-state index >= 15 is 0 Å². The molecule has 2 aliphatic carbocycles.